The van der Waals surface area contributed by atoms with Gasteiger partial charge >= 0.3 is 0 Å². The molecule has 112 valence electrons. The van der Waals surface area contributed by atoms with Crippen LogP contribution in [-0.2, 0) is 4.74 Å². The van der Waals surface area contributed by atoms with Crippen LogP contribution in [-0.4, -0.2) is 42.7 Å². The third-order valence-electron chi connectivity index (χ3n) is 3.91. The maximum Gasteiger partial charge on any atom is 0.181 e. The van der Waals surface area contributed by atoms with Crippen LogP contribution in [0.2, 0.25) is 0 Å². The quantitative estimate of drug-likeness (QED) is 0.931. The number of aromatic nitrogens is 1. The van der Waals surface area contributed by atoms with Crippen molar-refractivity contribution in [3.8, 4) is 11.3 Å². The number of morpholine rings is 1. The van der Waals surface area contributed by atoms with Crippen LogP contribution in [0.4, 0.5) is 0 Å². The van der Waals surface area contributed by atoms with Gasteiger partial charge in [0.1, 0.15) is 0 Å². The average Bonchev–Trinajstić information content (AvgIpc) is 2.94. The summed E-state index contributed by atoms with van der Waals surface area (Å²) < 4.78 is 10.8. The lowest BCUT2D eigenvalue weighted by Gasteiger charge is -2.29. The minimum atomic E-state index is 0.0213. The highest BCUT2D eigenvalue weighted by Gasteiger charge is 2.15. The van der Waals surface area contributed by atoms with E-state index in [-0.39, 0.29) is 6.04 Å². The lowest BCUT2D eigenvalue weighted by Crippen LogP contribution is -2.40. The molecule has 5 nitrogen and oxygen atoms in total. The Kier molecular flexibility index (Phi) is 4.34. The zero-order valence-corrected chi connectivity index (χ0v) is 12.3. The van der Waals surface area contributed by atoms with E-state index >= 15 is 0 Å². The van der Waals surface area contributed by atoms with Crippen LogP contribution >= 0.6 is 0 Å². The van der Waals surface area contributed by atoms with Crippen LogP contribution in [0.3, 0.4) is 0 Å². The zero-order chi connectivity index (χ0) is 14.7. The highest BCUT2D eigenvalue weighted by Crippen LogP contribution is 2.24. The number of nitrogens with two attached hydrogens (primary N) is 1. The van der Waals surface area contributed by atoms with Gasteiger partial charge in [-0.1, -0.05) is 24.3 Å². The molecular formula is C16H21N3O2. The first-order valence-electron chi connectivity index (χ1n) is 7.30. The molecule has 1 aliphatic rings. The Balaban J connectivity index is 1.67. The Morgan fingerprint density at radius 2 is 1.95 bits per heavy atom. The predicted molar refractivity (Wildman–Crippen MR) is 80.9 cm³/mol. The highest BCUT2D eigenvalue weighted by molar-refractivity contribution is 5.59. The van der Waals surface area contributed by atoms with Gasteiger partial charge in [-0.3, -0.25) is 4.90 Å². The summed E-state index contributed by atoms with van der Waals surface area (Å²) in [5.41, 5.74) is 9.39. The van der Waals surface area contributed by atoms with E-state index in [4.69, 9.17) is 14.9 Å². The van der Waals surface area contributed by atoms with Gasteiger partial charge in [-0.05, 0) is 12.5 Å². The molecule has 2 aromatic rings. The second-order valence-electron chi connectivity index (χ2n) is 5.41. The molecule has 1 aliphatic heterocycles. The third-order valence-corrected chi connectivity index (χ3v) is 3.91. The molecular weight excluding hydrogens is 266 g/mol. The standard InChI is InChI=1S/C16H21N3O2/c1-12-16(21-11-18-12)14-4-2-13(3-5-14)15(17)10-19-6-8-20-9-7-19/h2-5,11,15H,6-10,17H2,1H3/t15-/m0/s1. The molecule has 0 amide bonds. The minimum absolute atomic E-state index is 0.0213. The SMILES string of the molecule is Cc1ncoc1-c1ccc([C@@H](N)CN2CCOCC2)cc1. The van der Waals surface area contributed by atoms with Crippen LogP contribution < -0.4 is 5.73 Å². The molecule has 1 atom stereocenters. The summed E-state index contributed by atoms with van der Waals surface area (Å²) in [5.74, 6) is 0.823. The molecule has 1 aromatic heterocycles. The Morgan fingerprint density at radius 3 is 2.57 bits per heavy atom. The van der Waals surface area contributed by atoms with Gasteiger partial charge in [-0.25, -0.2) is 4.98 Å². The average molecular weight is 287 g/mol. The van der Waals surface area contributed by atoms with E-state index in [1.807, 2.05) is 19.1 Å². The summed E-state index contributed by atoms with van der Waals surface area (Å²) in [6.45, 7) is 6.33. The molecule has 0 aliphatic carbocycles. The molecule has 0 bridgehead atoms. The number of hydrogen-bond acceptors (Lipinski definition) is 5. The van der Waals surface area contributed by atoms with Crippen molar-refractivity contribution in [3.63, 3.8) is 0 Å². The van der Waals surface area contributed by atoms with E-state index in [0.29, 0.717) is 0 Å². The van der Waals surface area contributed by atoms with E-state index in [2.05, 4.69) is 22.0 Å². The van der Waals surface area contributed by atoms with Crippen LogP contribution in [0.15, 0.2) is 35.1 Å². The number of hydrogen-bond donors (Lipinski definition) is 1. The Hall–Kier alpha value is -1.69. The molecule has 5 heteroatoms. The second-order valence-corrected chi connectivity index (χ2v) is 5.41. The van der Waals surface area contributed by atoms with E-state index in [0.717, 1.165) is 55.4 Å². The topological polar surface area (TPSA) is 64.5 Å². The van der Waals surface area contributed by atoms with Gasteiger partial charge < -0.3 is 14.9 Å². The van der Waals surface area contributed by atoms with E-state index in [1.165, 1.54) is 6.39 Å². The first kappa shape index (κ1) is 14.3. The van der Waals surface area contributed by atoms with Gasteiger partial charge in [0.2, 0.25) is 0 Å². The first-order valence-corrected chi connectivity index (χ1v) is 7.30. The Morgan fingerprint density at radius 1 is 1.24 bits per heavy atom. The molecule has 0 radical (unpaired) electrons. The van der Waals surface area contributed by atoms with Gasteiger partial charge in [-0.2, -0.15) is 0 Å². The molecule has 2 N–H and O–H groups in total. The molecule has 1 fully saturated rings. The number of nitrogens with zero attached hydrogens (tertiary/aromatic N) is 2. The Bertz CT molecular complexity index is 573. The summed E-state index contributed by atoms with van der Waals surface area (Å²) in [6, 6.07) is 8.25. The lowest BCUT2D eigenvalue weighted by molar-refractivity contribution is 0.0352. The molecule has 1 aromatic carbocycles. The van der Waals surface area contributed by atoms with Gasteiger partial charge in [-0.15, -0.1) is 0 Å². The number of oxazole rings is 1. The van der Waals surface area contributed by atoms with Crippen molar-refractivity contribution in [2.75, 3.05) is 32.8 Å². The monoisotopic (exact) mass is 287 g/mol. The highest BCUT2D eigenvalue weighted by atomic mass is 16.5. The number of benzene rings is 1. The van der Waals surface area contributed by atoms with Gasteiger partial charge in [0.15, 0.2) is 12.2 Å². The van der Waals surface area contributed by atoms with Gasteiger partial charge in [0.25, 0.3) is 0 Å². The summed E-state index contributed by atoms with van der Waals surface area (Å²) in [6.07, 6.45) is 1.47. The fourth-order valence-electron chi connectivity index (χ4n) is 2.63. The Labute approximate surface area is 124 Å². The molecule has 0 saturated carbocycles. The van der Waals surface area contributed by atoms with Crippen molar-refractivity contribution in [2.24, 2.45) is 5.73 Å². The predicted octanol–water partition coefficient (Wildman–Crippen LogP) is 1.98. The second kappa shape index (κ2) is 6.39. The van der Waals surface area contributed by atoms with Gasteiger partial charge in [0, 0.05) is 31.2 Å². The first-order chi connectivity index (χ1) is 10.2. The summed E-state index contributed by atoms with van der Waals surface area (Å²) in [7, 11) is 0. The van der Waals surface area contributed by atoms with Crippen molar-refractivity contribution in [3.05, 3.63) is 41.9 Å². The fraction of sp³-hybridized carbons (Fsp3) is 0.438. The van der Waals surface area contributed by atoms with Crippen molar-refractivity contribution >= 4 is 0 Å². The molecule has 2 heterocycles. The summed E-state index contributed by atoms with van der Waals surface area (Å²) in [5, 5.41) is 0. The van der Waals surface area contributed by atoms with E-state index in [1.54, 1.807) is 0 Å². The van der Waals surface area contributed by atoms with Crippen LogP contribution in [0.1, 0.15) is 17.3 Å². The van der Waals surface area contributed by atoms with E-state index < -0.39 is 0 Å². The molecule has 3 rings (SSSR count). The van der Waals surface area contributed by atoms with Crippen LogP contribution in [0, 0.1) is 6.92 Å². The normalized spacial score (nSPS) is 17.8. The fourth-order valence-corrected chi connectivity index (χ4v) is 2.63. The van der Waals surface area contributed by atoms with Gasteiger partial charge in [0.05, 0.1) is 18.9 Å². The van der Waals surface area contributed by atoms with Crippen molar-refractivity contribution in [1.29, 1.82) is 0 Å². The lowest BCUT2D eigenvalue weighted by atomic mass is 10.0. The molecule has 0 unspecified atom stereocenters. The number of ether oxygens (including phenoxy) is 1. The van der Waals surface area contributed by atoms with Crippen molar-refractivity contribution in [1.82, 2.24) is 9.88 Å². The number of rotatable bonds is 4. The van der Waals surface area contributed by atoms with Crippen LogP contribution in [0.5, 0.6) is 0 Å². The zero-order valence-electron chi connectivity index (χ0n) is 12.3. The molecule has 1 saturated heterocycles. The number of aryl methyl sites for hydroxylation is 1. The summed E-state index contributed by atoms with van der Waals surface area (Å²) >= 11 is 0. The minimum Gasteiger partial charge on any atom is -0.443 e. The van der Waals surface area contributed by atoms with Crippen molar-refractivity contribution in [2.45, 2.75) is 13.0 Å². The van der Waals surface area contributed by atoms with E-state index in [9.17, 15) is 0 Å². The smallest absolute Gasteiger partial charge is 0.181 e. The maximum atomic E-state index is 6.31. The molecule has 0 spiro atoms. The third kappa shape index (κ3) is 3.32. The van der Waals surface area contributed by atoms with Crippen LogP contribution in [0.25, 0.3) is 11.3 Å². The largest absolute Gasteiger partial charge is 0.443 e. The molecule has 21 heavy (non-hydrogen) atoms. The van der Waals surface area contributed by atoms with Crippen molar-refractivity contribution < 1.29 is 9.15 Å². The maximum absolute atomic E-state index is 6.31. The summed E-state index contributed by atoms with van der Waals surface area (Å²) in [4.78, 5) is 6.47.